The first kappa shape index (κ1) is 12.0. The number of thiazole rings is 1. The lowest BCUT2D eigenvalue weighted by Gasteiger charge is -1.99. The number of alkyl halides is 3. The molecule has 8 heteroatoms. The average Bonchev–Trinajstić information content (AvgIpc) is 2.92. The first-order valence-corrected chi connectivity index (χ1v) is 6.03. The summed E-state index contributed by atoms with van der Waals surface area (Å²) >= 11 is 1.23. The number of hydrogen-bond acceptors (Lipinski definition) is 4. The smallest absolute Gasteiger partial charge is 0.399 e. The number of rotatable bonds is 1. The van der Waals surface area contributed by atoms with Crippen LogP contribution >= 0.6 is 11.3 Å². The van der Waals surface area contributed by atoms with E-state index < -0.39 is 11.7 Å². The molecule has 19 heavy (non-hydrogen) atoms. The second-order valence-corrected chi connectivity index (χ2v) is 4.90. The van der Waals surface area contributed by atoms with Gasteiger partial charge in [0.05, 0.1) is 22.0 Å². The van der Waals surface area contributed by atoms with E-state index in [1.54, 1.807) is 18.2 Å². The summed E-state index contributed by atoms with van der Waals surface area (Å²) in [4.78, 5) is 4.22. The van der Waals surface area contributed by atoms with Gasteiger partial charge in [0.15, 0.2) is 0 Å². The number of nitrogens with two attached hydrogens (primary N) is 1. The number of nitrogen functional groups attached to an aromatic ring is 1. The van der Waals surface area contributed by atoms with Gasteiger partial charge in [-0.15, -0.1) is 0 Å². The largest absolute Gasteiger partial charge is 0.419 e. The van der Waals surface area contributed by atoms with E-state index in [9.17, 15) is 13.2 Å². The van der Waals surface area contributed by atoms with Gasteiger partial charge < -0.3 is 5.73 Å². The number of halogens is 3. The van der Waals surface area contributed by atoms with Crippen molar-refractivity contribution in [1.82, 2.24) is 14.8 Å². The highest BCUT2D eigenvalue weighted by Crippen LogP contribution is 2.31. The maximum Gasteiger partial charge on any atom is 0.419 e. The van der Waals surface area contributed by atoms with Crippen LogP contribution in [0.25, 0.3) is 15.3 Å². The predicted octanol–water partition coefficient (Wildman–Crippen LogP) is 3.08. The summed E-state index contributed by atoms with van der Waals surface area (Å²) in [6.07, 6.45) is -2.71. The molecule has 0 saturated carbocycles. The fourth-order valence-corrected chi connectivity index (χ4v) is 2.55. The molecular formula is C11H7F3N4S. The second kappa shape index (κ2) is 3.95. The Morgan fingerprint density at radius 1 is 1.26 bits per heavy atom. The summed E-state index contributed by atoms with van der Waals surface area (Å²) in [5.41, 5.74) is 6.10. The lowest BCUT2D eigenvalue weighted by atomic mass is 10.3. The number of nitrogens with zero attached hydrogens (tertiary/aromatic N) is 3. The molecule has 0 aliphatic rings. The molecule has 0 aliphatic heterocycles. The summed E-state index contributed by atoms with van der Waals surface area (Å²) < 4.78 is 39.4. The van der Waals surface area contributed by atoms with Gasteiger partial charge in [-0.1, -0.05) is 11.3 Å². The topological polar surface area (TPSA) is 56.7 Å². The van der Waals surface area contributed by atoms with Gasteiger partial charge in [0.2, 0.25) is 5.13 Å². The van der Waals surface area contributed by atoms with Crippen LogP contribution in [0.3, 0.4) is 0 Å². The van der Waals surface area contributed by atoms with Crippen molar-refractivity contribution in [2.75, 3.05) is 5.73 Å². The summed E-state index contributed by atoms with van der Waals surface area (Å²) in [6, 6.07) is 5.14. The Hall–Kier alpha value is -2.09. The highest BCUT2D eigenvalue weighted by atomic mass is 32.1. The zero-order chi connectivity index (χ0) is 13.6. The third kappa shape index (κ3) is 2.14. The first-order valence-electron chi connectivity index (χ1n) is 5.22. The van der Waals surface area contributed by atoms with E-state index in [-0.39, 0.29) is 0 Å². The maximum atomic E-state index is 12.5. The number of benzene rings is 1. The van der Waals surface area contributed by atoms with Gasteiger partial charge in [-0.05, 0) is 18.2 Å². The molecule has 0 fully saturated rings. The molecule has 0 radical (unpaired) electrons. The van der Waals surface area contributed by atoms with Crippen LogP contribution in [0.15, 0.2) is 30.6 Å². The van der Waals surface area contributed by atoms with Crippen LogP contribution in [-0.2, 0) is 6.18 Å². The van der Waals surface area contributed by atoms with Crippen molar-refractivity contribution in [3.05, 3.63) is 36.2 Å². The molecule has 3 aromatic rings. The van der Waals surface area contributed by atoms with Gasteiger partial charge in [0, 0.05) is 11.9 Å². The third-order valence-electron chi connectivity index (χ3n) is 2.51. The molecule has 2 aromatic heterocycles. The Labute approximate surface area is 109 Å². The monoisotopic (exact) mass is 284 g/mol. The van der Waals surface area contributed by atoms with Crippen molar-refractivity contribution >= 4 is 27.2 Å². The minimum atomic E-state index is -4.40. The van der Waals surface area contributed by atoms with Crippen LogP contribution in [-0.4, -0.2) is 14.8 Å². The van der Waals surface area contributed by atoms with Crippen molar-refractivity contribution in [2.45, 2.75) is 6.18 Å². The summed E-state index contributed by atoms with van der Waals surface area (Å²) in [6.45, 7) is 0. The van der Waals surface area contributed by atoms with Crippen molar-refractivity contribution < 1.29 is 13.2 Å². The lowest BCUT2D eigenvalue weighted by Crippen LogP contribution is -2.02. The molecule has 0 atom stereocenters. The zero-order valence-corrected chi connectivity index (χ0v) is 10.2. The van der Waals surface area contributed by atoms with E-state index in [1.807, 2.05) is 0 Å². The van der Waals surface area contributed by atoms with E-state index in [2.05, 4.69) is 10.1 Å². The highest BCUT2D eigenvalue weighted by Gasteiger charge is 2.32. The van der Waals surface area contributed by atoms with E-state index in [0.29, 0.717) is 16.3 Å². The van der Waals surface area contributed by atoms with Crippen LogP contribution in [0.5, 0.6) is 0 Å². The molecule has 4 nitrogen and oxygen atoms in total. The summed E-state index contributed by atoms with van der Waals surface area (Å²) in [5, 5.41) is 4.06. The van der Waals surface area contributed by atoms with E-state index in [1.165, 1.54) is 11.3 Å². The van der Waals surface area contributed by atoms with Crippen LogP contribution < -0.4 is 5.73 Å². The fraction of sp³-hybridized carbons (Fsp3) is 0.0909. The van der Waals surface area contributed by atoms with Gasteiger partial charge in [-0.3, -0.25) is 0 Å². The Morgan fingerprint density at radius 2 is 2.05 bits per heavy atom. The summed E-state index contributed by atoms with van der Waals surface area (Å²) in [7, 11) is 0. The molecule has 1 aromatic carbocycles. The van der Waals surface area contributed by atoms with Gasteiger partial charge in [0.25, 0.3) is 0 Å². The lowest BCUT2D eigenvalue weighted by molar-refractivity contribution is -0.137. The van der Waals surface area contributed by atoms with E-state index >= 15 is 0 Å². The summed E-state index contributed by atoms with van der Waals surface area (Å²) in [5.74, 6) is 0. The number of hydrogen-bond donors (Lipinski definition) is 1. The molecule has 0 spiro atoms. The number of aromatic nitrogens is 3. The normalized spacial score (nSPS) is 12.2. The molecule has 0 unspecified atom stereocenters. The number of anilines is 1. The maximum absolute atomic E-state index is 12.5. The van der Waals surface area contributed by atoms with Crippen LogP contribution in [0.1, 0.15) is 5.56 Å². The molecular weight excluding hydrogens is 277 g/mol. The van der Waals surface area contributed by atoms with E-state index in [0.717, 1.165) is 21.8 Å². The van der Waals surface area contributed by atoms with Crippen LogP contribution in [0.4, 0.5) is 18.9 Å². The van der Waals surface area contributed by atoms with Crippen molar-refractivity contribution in [3.63, 3.8) is 0 Å². The van der Waals surface area contributed by atoms with Gasteiger partial charge in [-0.2, -0.15) is 18.3 Å². The van der Waals surface area contributed by atoms with Gasteiger partial charge >= 0.3 is 6.18 Å². The van der Waals surface area contributed by atoms with Crippen LogP contribution in [0, 0.1) is 0 Å². The quantitative estimate of drug-likeness (QED) is 0.699. The Morgan fingerprint density at radius 3 is 2.74 bits per heavy atom. The predicted molar refractivity (Wildman–Crippen MR) is 66.2 cm³/mol. The second-order valence-electron chi connectivity index (χ2n) is 3.89. The number of fused-ring (bicyclic) bond motifs is 1. The molecule has 2 N–H and O–H groups in total. The first-order chi connectivity index (χ1) is 8.93. The SMILES string of the molecule is Nc1ccc2nc(-n3cc(C(F)(F)F)cn3)sc2c1. The minimum Gasteiger partial charge on any atom is -0.399 e. The van der Waals surface area contributed by atoms with Crippen molar-refractivity contribution in [1.29, 1.82) is 0 Å². The van der Waals surface area contributed by atoms with E-state index in [4.69, 9.17) is 5.73 Å². The molecule has 0 saturated heterocycles. The standard InChI is InChI=1S/C11H7F3N4S/c12-11(13,14)6-4-16-18(5-6)10-17-8-2-1-7(15)3-9(8)19-10/h1-5H,15H2. The fourth-order valence-electron chi connectivity index (χ4n) is 1.60. The molecule has 0 aliphatic carbocycles. The molecule has 98 valence electrons. The third-order valence-corrected chi connectivity index (χ3v) is 3.51. The minimum absolute atomic E-state index is 0.371. The Balaban J connectivity index is 2.07. The van der Waals surface area contributed by atoms with Crippen molar-refractivity contribution in [2.24, 2.45) is 0 Å². The zero-order valence-electron chi connectivity index (χ0n) is 9.35. The van der Waals surface area contributed by atoms with Crippen LogP contribution in [0.2, 0.25) is 0 Å². The average molecular weight is 284 g/mol. The highest BCUT2D eigenvalue weighted by molar-refractivity contribution is 7.20. The molecule has 0 bridgehead atoms. The Bertz CT molecular complexity index is 744. The van der Waals surface area contributed by atoms with Gasteiger partial charge in [-0.25, -0.2) is 9.67 Å². The van der Waals surface area contributed by atoms with Gasteiger partial charge in [0.1, 0.15) is 0 Å². The molecule has 0 amide bonds. The molecule has 3 rings (SSSR count). The van der Waals surface area contributed by atoms with Crippen molar-refractivity contribution in [3.8, 4) is 5.13 Å². The Kier molecular flexibility index (Phi) is 2.49. The molecule has 2 heterocycles.